The first-order valence-corrected chi connectivity index (χ1v) is 6.14. The second-order valence-electron chi connectivity index (χ2n) is 4.09. The summed E-state index contributed by atoms with van der Waals surface area (Å²) in [7, 11) is 0. The number of rotatable bonds is 5. The second kappa shape index (κ2) is 5.92. The van der Waals surface area contributed by atoms with E-state index in [0.29, 0.717) is 23.6 Å². The SMILES string of the molecule is CCOc1ccc(-c2c(C(=O)O)nnn2CC#N)cc1N. The Kier molecular flexibility index (Phi) is 4.04. The maximum absolute atomic E-state index is 11.2. The summed E-state index contributed by atoms with van der Waals surface area (Å²) in [4.78, 5) is 11.2. The van der Waals surface area contributed by atoms with Crippen molar-refractivity contribution >= 4 is 11.7 Å². The van der Waals surface area contributed by atoms with E-state index in [4.69, 9.17) is 20.8 Å². The highest BCUT2D eigenvalue weighted by Gasteiger charge is 2.21. The number of nitrogen functional groups attached to an aromatic ring is 1. The Morgan fingerprint density at radius 2 is 2.33 bits per heavy atom. The topological polar surface area (TPSA) is 127 Å². The third-order valence-electron chi connectivity index (χ3n) is 2.74. The monoisotopic (exact) mass is 287 g/mol. The minimum atomic E-state index is -1.22. The van der Waals surface area contributed by atoms with Crippen molar-refractivity contribution < 1.29 is 14.6 Å². The van der Waals surface area contributed by atoms with Crippen molar-refractivity contribution in [1.29, 1.82) is 5.26 Å². The molecule has 3 N–H and O–H groups in total. The van der Waals surface area contributed by atoms with Crippen molar-refractivity contribution in [3.05, 3.63) is 23.9 Å². The van der Waals surface area contributed by atoms with Gasteiger partial charge in [-0.25, -0.2) is 9.48 Å². The van der Waals surface area contributed by atoms with Gasteiger partial charge in [0.1, 0.15) is 18.0 Å². The molecule has 0 saturated heterocycles. The molecule has 0 aliphatic carbocycles. The normalized spacial score (nSPS) is 10.1. The number of hydrogen-bond donors (Lipinski definition) is 2. The lowest BCUT2D eigenvalue weighted by Gasteiger charge is -2.09. The minimum Gasteiger partial charge on any atom is -0.492 e. The maximum Gasteiger partial charge on any atom is 0.358 e. The molecule has 0 amide bonds. The van der Waals surface area contributed by atoms with Gasteiger partial charge in [0.15, 0.2) is 5.69 Å². The van der Waals surface area contributed by atoms with Gasteiger partial charge in [0.25, 0.3) is 0 Å². The highest BCUT2D eigenvalue weighted by Crippen LogP contribution is 2.30. The zero-order valence-corrected chi connectivity index (χ0v) is 11.3. The van der Waals surface area contributed by atoms with Crippen molar-refractivity contribution in [3.8, 4) is 23.1 Å². The van der Waals surface area contributed by atoms with Gasteiger partial charge < -0.3 is 15.6 Å². The largest absolute Gasteiger partial charge is 0.492 e. The number of aromatic nitrogens is 3. The highest BCUT2D eigenvalue weighted by atomic mass is 16.5. The number of nitriles is 1. The van der Waals surface area contributed by atoms with Crippen molar-refractivity contribution in [2.45, 2.75) is 13.5 Å². The highest BCUT2D eigenvalue weighted by molar-refractivity contribution is 5.93. The zero-order chi connectivity index (χ0) is 15.4. The molecular weight excluding hydrogens is 274 g/mol. The minimum absolute atomic E-state index is 0.108. The smallest absolute Gasteiger partial charge is 0.358 e. The molecule has 21 heavy (non-hydrogen) atoms. The van der Waals surface area contributed by atoms with E-state index in [0.717, 1.165) is 0 Å². The lowest BCUT2D eigenvalue weighted by molar-refractivity contribution is 0.0691. The maximum atomic E-state index is 11.2. The van der Waals surface area contributed by atoms with E-state index in [1.165, 1.54) is 4.68 Å². The van der Waals surface area contributed by atoms with Crippen LogP contribution >= 0.6 is 0 Å². The number of hydrogen-bond acceptors (Lipinski definition) is 6. The molecule has 0 spiro atoms. The van der Waals surface area contributed by atoms with Crippen molar-refractivity contribution in [1.82, 2.24) is 15.0 Å². The van der Waals surface area contributed by atoms with Crippen LogP contribution in [0.5, 0.6) is 5.75 Å². The van der Waals surface area contributed by atoms with Gasteiger partial charge in [0, 0.05) is 5.56 Å². The summed E-state index contributed by atoms with van der Waals surface area (Å²) in [6, 6.07) is 6.77. The quantitative estimate of drug-likeness (QED) is 0.789. The summed E-state index contributed by atoms with van der Waals surface area (Å²) in [6.07, 6.45) is 0. The second-order valence-corrected chi connectivity index (χ2v) is 4.09. The van der Waals surface area contributed by atoms with Gasteiger partial charge in [0.05, 0.1) is 18.4 Å². The van der Waals surface area contributed by atoms with E-state index in [-0.39, 0.29) is 17.9 Å². The van der Waals surface area contributed by atoms with Crippen LogP contribution in [0, 0.1) is 11.3 Å². The van der Waals surface area contributed by atoms with Crippen LogP contribution in [-0.2, 0) is 6.54 Å². The van der Waals surface area contributed by atoms with Crippen molar-refractivity contribution in [2.75, 3.05) is 12.3 Å². The van der Waals surface area contributed by atoms with Gasteiger partial charge in [-0.05, 0) is 25.1 Å². The predicted molar refractivity (Wildman–Crippen MR) is 73.6 cm³/mol. The van der Waals surface area contributed by atoms with Gasteiger partial charge in [-0.2, -0.15) is 5.26 Å². The van der Waals surface area contributed by atoms with E-state index in [2.05, 4.69) is 10.3 Å². The third-order valence-corrected chi connectivity index (χ3v) is 2.74. The van der Waals surface area contributed by atoms with Gasteiger partial charge in [0.2, 0.25) is 0 Å². The summed E-state index contributed by atoms with van der Waals surface area (Å²) in [5, 5.41) is 25.2. The van der Waals surface area contributed by atoms with E-state index in [1.807, 2.05) is 13.0 Å². The molecule has 0 bridgehead atoms. The fourth-order valence-electron chi connectivity index (χ4n) is 1.90. The number of nitrogens with zero attached hydrogens (tertiary/aromatic N) is 4. The third kappa shape index (κ3) is 2.76. The van der Waals surface area contributed by atoms with E-state index in [9.17, 15) is 4.79 Å². The molecule has 2 aromatic rings. The van der Waals surface area contributed by atoms with Crippen molar-refractivity contribution in [2.24, 2.45) is 0 Å². The molecular formula is C13H13N5O3. The fraction of sp³-hybridized carbons (Fsp3) is 0.231. The lowest BCUT2D eigenvalue weighted by atomic mass is 10.1. The first kappa shape index (κ1) is 14.3. The standard InChI is InChI=1S/C13H13N5O3/c1-2-21-10-4-3-8(7-9(10)15)12-11(13(19)20)16-17-18(12)6-5-14/h3-4,7H,2,6,15H2,1H3,(H,19,20). The van der Waals surface area contributed by atoms with Gasteiger partial charge in [-0.15, -0.1) is 5.10 Å². The van der Waals surface area contributed by atoms with Gasteiger partial charge in [-0.3, -0.25) is 0 Å². The van der Waals surface area contributed by atoms with Crippen LogP contribution in [-0.4, -0.2) is 32.7 Å². The van der Waals surface area contributed by atoms with E-state index >= 15 is 0 Å². The fourth-order valence-corrected chi connectivity index (χ4v) is 1.90. The van der Waals surface area contributed by atoms with Crippen molar-refractivity contribution in [3.63, 3.8) is 0 Å². The van der Waals surface area contributed by atoms with E-state index < -0.39 is 5.97 Å². The number of nitrogens with two attached hydrogens (primary N) is 1. The summed E-state index contributed by atoms with van der Waals surface area (Å²) in [5.74, 6) is -0.709. The van der Waals surface area contributed by atoms with Crippen LogP contribution in [0.1, 0.15) is 17.4 Å². The Balaban J connectivity index is 2.55. The molecule has 1 heterocycles. The first-order valence-electron chi connectivity index (χ1n) is 6.14. The Labute approximate surface area is 120 Å². The van der Waals surface area contributed by atoms with E-state index in [1.54, 1.807) is 18.2 Å². The van der Waals surface area contributed by atoms with Crippen LogP contribution in [0.25, 0.3) is 11.3 Å². The molecule has 0 atom stereocenters. The molecule has 0 fully saturated rings. The number of carboxylic acids is 1. The Bertz CT molecular complexity index is 717. The van der Waals surface area contributed by atoms with Crippen LogP contribution in [0.2, 0.25) is 0 Å². The molecule has 0 aliphatic heterocycles. The summed E-state index contributed by atoms with van der Waals surface area (Å²) < 4.78 is 6.55. The number of ether oxygens (including phenoxy) is 1. The Hall–Kier alpha value is -3.08. The molecule has 0 radical (unpaired) electrons. The van der Waals surface area contributed by atoms with Crippen LogP contribution in [0.3, 0.4) is 0 Å². The number of carboxylic acid groups (broad SMARTS) is 1. The van der Waals surface area contributed by atoms with Gasteiger partial charge >= 0.3 is 5.97 Å². The summed E-state index contributed by atoms with van der Waals surface area (Å²) in [6.45, 7) is 2.20. The van der Waals surface area contributed by atoms with Gasteiger partial charge in [-0.1, -0.05) is 5.21 Å². The summed E-state index contributed by atoms with van der Waals surface area (Å²) in [5.41, 5.74) is 6.76. The number of carbonyl (C=O) groups is 1. The van der Waals surface area contributed by atoms with Crippen LogP contribution < -0.4 is 10.5 Å². The zero-order valence-electron chi connectivity index (χ0n) is 11.3. The van der Waals surface area contributed by atoms with Crippen LogP contribution in [0.15, 0.2) is 18.2 Å². The molecule has 1 aromatic carbocycles. The lowest BCUT2D eigenvalue weighted by Crippen LogP contribution is -2.05. The number of benzene rings is 1. The summed E-state index contributed by atoms with van der Waals surface area (Å²) >= 11 is 0. The molecule has 0 aliphatic rings. The molecule has 8 nitrogen and oxygen atoms in total. The molecule has 108 valence electrons. The molecule has 1 aromatic heterocycles. The first-order chi connectivity index (χ1) is 10.1. The number of anilines is 1. The molecule has 0 unspecified atom stereocenters. The molecule has 0 saturated carbocycles. The molecule has 8 heteroatoms. The Morgan fingerprint density at radius 1 is 1.57 bits per heavy atom. The number of aromatic carboxylic acids is 1. The Morgan fingerprint density at radius 3 is 2.90 bits per heavy atom. The molecule has 2 rings (SSSR count). The average Bonchev–Trinajstić information content (AvgIpc) is 2.86. The average molecular weight is 287 g/mol. The predicted octanol–water partition coefficient (Wildman–Crippen LogP) is 1.15. The van der Waals surface area contributed by atoms with Crippen LogP contribution in [0.4, 0.5) is 5.69 Å².